The first-order valence-electron chi connectivity index (χ1n) is 10.5. The van der Waals surface area contributed by atoms with Gasteiger partial charge < -0.3 is 4.90 Å². The van der Waals surface area contributed by atoms with E-state index in [1.807, 2.05) is 65.6 Å². The third-order valence-electron chi connectivity index (χ3n) is 5.37. The minimum Gasteiger partial charge on any atom is -0.311 e. The molecular weight excluding hydrogens is 612 g/mol. The molecule has 0 N–H and O–H groups in total. The summed E-state index contributed by atoms with van der Waals surface area (Å²) in [5.41, 5.74) is 2.77. The maximum absolute atomic E-state index is 14.0. The van der Waals surface area contributed by atoms with Crippen molar-refractivity contribution >= 4 is 39.7 Å². The zero-order valence-electron chi connectivity index (χ0n) is 18.3. The summed E-state index contributed by atoms with van der Waals surface area (Å²) < 4.78 is 117. The number of halogens is 10. The van der Waals surface area contributed by atoms with Gasteiger partial charge in [-0.3, -0.25) is 0 Å². The predicted molar refractivity (Wildman–Crippen MR) is 128 cm³/mol. The van der Waals surface area contributed by atoms with E-state index in [2.05, 4.69) is 0 Å². The Morgan fingerprint density at radius 3 is 1.42 bits per heavy atom. The van der Waals surface area contributed by atoms with Crippen LogP contribution >= 0.6 is 22.6 Å². The number of hydrogen-bond acceptors (Lipinski definition) is 1. The summed E-state index contributed by atoms with van der Waals surface area (Å²) >= 11 is 1.35. The number of alkyl halides is 10. The minimum absolute atomic E-state index is 0.249. The molecule has 0 heterocycles. The molecule has 0 aliphatic rings. The molecule has 1 unspecified atom stereocenters. The average molecular weight is 631 g/mol. The molecule has 0 aliphatic carbocycles. The van der Waals surface area contributed by atoms with Crippen molar-refractivity contribution in [3.05, 3.63) is 90.5 Å². The van der Waals surface area contributed by atoms with Gasteiger partial charge in [-0.15, -0.1) is 0 Å². The number of anilines is 3. The van der Waals surface area contributed by atoms with Crippen LogP contribution in [-0.4, -0.2) is 27.9 Å². The first-order chi connectivity index (χ1) is 16.7. The number of hydrogen-bond donors (Lipinski definition) is 0. The molecule has 0 aliphatic heterocycles. The third-order valence-corrected chi connectivity index (χ3v) is 6.25. The first-order valence-corrected chi connectivity index (χ1v) is 11.8. The lowest BCUT2D eigenvalue weighted by Crippen LogP contribution is -2.61. The lowest BCUT2D eigenvalue weighted by Gasteiger charge is -2.34. The van der Waals surface area contributed by atoms with Crippen molar-refractivity contribution < 1.29 is 39.5 Å². The summed E-state index contributed by atoms with van der Waals surface area (Å²) in [7, 11) is 0. The second-order valence-corrected chi connectivity index (χ2v) is 9.79. The van der Waals surface area contributed by atoms with Gasteiger partial charge in [0.2, 0.25) is 0 Å². The van der Waals surface area contributed by atoms with E-state index in [1.165, 1.54) is 22.6 Å². The Morgan fingerprint density at radius 1 is 0.583 bits per heavy atom. The van der Waals surface area contributed by atoms with Crippen LogP contribution in [0.15, 0.2) is 84.9 Å². The molecule has 0 amide bonds. The van der Waals surface area contributed by atoms with Crippen molar-refractivity contribution in [3.8, 4) is 0 Å². The molecule has 0 spiro atoms. The molecule has 36 heavy (non-hydrogen) atoms. The molecule has 3 rings (SSSR count). The van der Waals surface area contributed by atoms with Gasteiger partial charge in [-0.25, -0.2) is 0 Å². The van der Waals surface area contributed by atoms with Gasteiger partial charge >= 0.3 is 23.9 Å². The van der Waals surface area contributed by atoms with Crippen LogP contribution in [0.25, 0.3) is 0 Å². The summed E-state index contributed by atoms with van der Waals surface area (Å²) in [6, 6.07) is 25.0. The second kappa shape index (κ2) is 10.5. The van der Waals surface area contributed by atoms with Gasteiger partial charge in [-0.2, -0.15) is 39.5 Å². The molecule has 0 bridgehead atoms. The highest BCUT2D eigenvalue weighted by molar-refractivity contribution is 14.1. The molecule has 0 fully saturated rings. The van der Waals surface area contributed by atoms with E-state index < -0.39 is 34.3 Å². The fourth-order valence-corrected chi connectivity index (χ4v) is 4.59. The Labute approximate surface area is 215 Å². The highest BCUT2D eigenvalue weighted by Crippen LogP contribution is 2.54. The van der Waals surface area contributed by atoms with Gasteiger partial charge in [0.25, 0.3) is 0 Å². The van der Waals surface area contributed by atoms with Crippen LogP contribution in [0.4, 0.5) is 56.6 Å². The smallest absolute Gasteiger partial charge is 0.311 e. The van der Waals surface area contributed by atoms with Gasteiger partial charge in [0.15, 0.2) is 0 Å². The lowest BCUT2D eigenvalue weighted by atomic mass is 9.97. The van der Waals surface area contributed by atoms with Crippen molar-refractivity contribution in [2.45, 2.75) is 40.7 Å². The quantitative estimate of drug-likeness (QED) is 0.129. The molecule has 0 saturated heterocycles. The molecule has 11 heteroatoms. The molecule has 3 aromatic rings. The first kappa shape index (κ1) is 28.1. The molecular formula is C25H19F9IN. The van der Waals surface area contributed by atoms with Crippen LogP contribution in [0.3, 0.4) is 0 Å². The van der Waals surface area contributed by atoms with Crippen molar-refractivity contribution in [2.24, 2.45) is 0 Å². The van der Waals surface area contributed by atoms with Crippen molar-refractivity contribution in [1.82, 2.24) is 0 Å². The van der Waals surface area contributed by atoms with E-state index in [4.69, 9.17) is 0 Å². The summed E-state index contributed by atoms with van der Waals surface area (Å²) in [5.74, 6) is -19.1. The van der Waals surface area contributed by atoms with Crippen molar-refractivity contribution in [1.29, 1.82) is 0 Å². The normalized spacial score (nSPS) is 13.9. The lowest BCUT2D eigenvalue weighted by molar-refractivity contribution is -0.396. The molecule has 1 atom stereocenters. The fourth-order valence-electron chi connectivity index (χ4n) is 3.52. The largest absolute Gasteiger partial charge is 0.460 e. The zero-order valence-corrected chi connectivity index (χ0v) is 20.5. The Kier molecular flexibility index (Phi) is 8.21. The Bertz CT molecular complexity index is 1080. The van der Waals surface area contributed by atoms with Crippen LogP contribution < -0.4 is 4.90 Å². The summed E-state index contributed by atoms with van der Waals surface area (Å²) in [6.07, 6.45) is -8.94. The van der Waals surface area contributed by atoms with E-state index in [1.54, 1.807) is 24.3 Å². The number of rotatable bonds is 9. The number of benzene rings is 3. The minimum atomic E-state index is -6.88. The zero-order chi connectivity index (χ0) is 26.8. The van der Waals surface area contributed by atoms with E-state index in [0.717, 1.165) is 11.4 Å². The van der Waals surface area contributed by atoms with Gasteiger partial charge in [0.1, 0.15) is 0 Å². The Balaban J connectivity index is 1.78. The monoisotopic (exact) mass is 631 g/mol. The van der Waals surface area contributed by atoms with E-state index >= 15 is 0 Å². The van der Waals surface area contributed by atoms with Crippen molar-refractivity contribution in [3.63, 3.8) is 0 Å². The maximum atomic E-state index is 14.0. The topological polar surface area (TPSA) is 3.24 Å². The van der Waals surface area contributed by atoms with Crippen LogP contribution in [-0.2, 0) is 6.42 Å². The van der Waals surface area contributed by atoms with E-state index in [-0.39, 0.29) is 6.42 Å². The molecule has 3 aromatic carbocycles. The van der Waals surface area contributed by atoms with E-state index in [0.29, 0.717) is 11.3 Å². The Morgan fingerprint density at radius 2 is 1.00 bits per heavy atom. The van der Waals surface area contributed by atoms with Gasteiger partial charge in [-0.05, 0) is 48.4 Å². The molecule has 0 aromatic heterocycles. The van der Waals surface area contributed by atoms with Gasteiger partial charge in [-0.1, -0.05) is 71.1 Å². The SMILES string of the molecule is FC(F)(F)C(F)(F)C(F)(F)C(F)(F)CC(I)Cc1ccc(N(c2ccccc2)c2ccccc2)cc1. The molecule has 0 saturated carbocycles. The van der Waals surface area contributed by atoms with Gasteiger partial charge in [0, 0.05) is 27.4 Å². The van der Waals surface area contributed by atoms with E-state index in [9.17, 15) is 39.5 Å². The van der Waals surface area contributed by atoms with Crippen LogP contribution in [0.1, 0.15) is 12.0 Å². The standard InChI is InChI=1S/C25H19F9IN/c26-22(27,23(28,29)24(30,31)25(32,33)34)16-18(35)15-17-11-13-21(14-12-17)36(19-7-3-1-4-8-19)20-9-5-2-6-10-20/h1-14,18H,15-16H2. The summed E-state index contributed by atoms with van der Waals surface area (Å²) in [4.78, 5) is 1.92. The predicted octanol–water partition coefficient (Wildman–Crippen LogP) is 9.36. The number of nitrogens with zero attached hydrogens (tertiary/aromatic N) is 1. The van der Waals surface area contributed by atoms with Crippen LogP contribution in [0, 0.1) is 0 Å². The second-order valence-electron chi connectivity index (χ2n) is 8.03. The highest BCUT2D eigenvalue weighted by atomic mass is 127. The summed E-state index contributed by atoms with van der Waals surface area (Å²) in [6.45, 7) is 0. The Hall–Kier alpha value is -2.44. The maximum Gasteiger partial charge on any atom is 0.460 e. The van der Waals surface area contributed by atoms with Crippen LogP contribution in [0.2, 0.25) is 0 Å². The average Bonchev–Trinajstić information content (AvgIpc) is 2.80. The van der Waals surface area contributed by atoms with Crippen molar-refractivity contribution in [2.75, 3.05) is 4.90 Å². The molecule has 194 valence electrons. The molecule has 1 nitrogen and oxygen atoms in total. The highest BCUT2D eigenvalue weighted by Gasteiger charge is 2.81. The third kappa shape index (κ3) is 5.76. The molecule has 0 radical (unpaired) electrons. The van der Waals surface area contributed by atoms with Crippen LogP contribution in [0.5, 0.6) is 0 Å². The summed E-state index contributed by atoms with van der Waals surface area (Å²) in [5, 5.41) is 0. The fraction of sp³-hybridized carbons (Fsp3) is 0.280. The number of para-hydroxylation sites is 2. The van der Waals surface area contributed by atoms with Gasteiger partial charge in [0.05, 0.1) is 0 Å².